The molecule has 0 heterocycles. The van der Waals surface area contributed by atoms with Crippen LogP contribution < -0.4 is 10.1 Å². The van der Waals surface area contributed by atoms with Crippen LogP contribution in [0.3, 0.4) is 0 Å². The first-order valence-electron chi connectivity index (χ1n) is 6.71. The molecule has 1 aliphatic carbocycles. The van der Waals surface area contributed by atoms with E-state index in [4.69, 9.17) is 14.7 Å². The lowest BCUT2D eigenvalue weighted by Crippen LogP contribution is -2.28. The number of benzene rings is 1. The predicted octanol–water partition coefficient (Wildman–Crippen LogP) is 2.32. The van der Waals surface area contributed by atoms with Crippen LogP contribution in [0.1, 0.15) is 24.8 Å². The van der Waals surface area contributed by atoms with Crippen molar-refractivity contribution in [3.8, 4) is 11.8 Å². The minimum absolute atomic E-state index is 0.00271. The highest BCUT2D eigenvalue weighted by atomic mass is 16.5. The van der Waals surface area contributed by atoms with E-state index in [1.807, 2.05) is 0 Å². The highest BCUT2D eigenvalue weighted by molar-refractivity contribution is 5.94. The summed E-state index contributed by atoms with van der Waals surface area (Å²) in [4.78, 5) is 12.0. The zero-order chi connectivity index (χ0) is 14.4. The van der Waals surface area contributed by atoms with E-state index in [9.17, 15) is 4.79 Å². The van der Waals surface area contributed by atoms with Gasteiger partial charge in [0.15, 0.2) is 0 Å². The third-order valence-corrected chi connectivity index (χ3v) is 3.39. The second kappa shape index (κ2) is 6.92. The van der Waals surface area contributed by atoms with Crippen LogP contribution in [0.25, 0.3) is 0 Å². The Morgan fingerprint density at radius 1 is 1.45 bits per heavy atom. The molecule has 0 unspecified atom stereocenters. The molecule has 0 saturated heterocycles. The van der Waals surface area contributed by atoms with Crippen molar-refractivity contribution in [2.24, 2.45) is 5.92 Å². The molecule has 5 heteroatoms. The van der Waals surface area contributed by atoms with Crippen LogP contribution in [0.4, 0.5) is 5.69 Å². The van der Waals surface area contributed by atoms with Gasteiger partial charge in [-0.05, 0) is 31.0 Å². The van der Waals surface area contributed by atoms with Crippen molar-refractivity contribution in [3.05, 3.63) is 23.8 Å². The lowest BCUT2D eigenvalue weighted by molar-refractivity contribution is -0.122. The van der Waals surface area contributed by atoms with Gasteiger partial charge in [-0.3, -0.25) is 4.79 Å². The number of carbonyl (C=O) groups excluding carboxylic acids is 1. The smallest absolute Gasteiger partial charge is 0.227 e. The van der Waals surface area contributed by atoms with Gasteiger partial charge in [0.2, 0.25) is 5.91 Å². The van der Waals surface area contributed by atoms with Crippen molar-refractivity contribution in [2.75, 3.05) is 25.6 Å². The highest BCUT2D eigenvalue weighted by Gasteiger charge is 2.25. The van der Waals surface area contributed by atoms with E-state index in [1.165, 1.54) is 0 Å². The van der Waals surface area contributed by atoms with Crippen LogP contribution >= 0.6 is 0 Å². The van der Waals surface area contributed by atoms with Crippen LogP contribution in [0.15, 0.2) is 18.2 Å². The molecule has 1 aromatic rings. The first kappa shape index (κ1) is 14.4. The summed E-state index contributed by atoms with van der Waals surface area (Å²) in [7, 11) is 1.60. The van der Waals surface area contributed by atoms with E-state index in [-0.39, 0.29) is 11.8 Å². The van der Waals surface area contributed by atoms with Crippen molar-refractivity contribution < 1.29 is 14.3 Å². The molecule has 0 radical (unpaired) electrons. The van der Waals surface area contributed by atoms with Gasteiger partial charge in [-0.1, -0.05) is 6.42 Å². The molecule has 1 fully saturated rings. The molecule has 0 bridgehead atoms. The monoisotopic (exact) mass is 274 g/mol. The molecule has 1 aromatic carbocycles. The summed E-state index contributed by atoms with van der Waals surface area (Å²) in [6, 6.07) is 7.07. The summed E-state index contributed by atoms with van der Waals surface area (Å²) in [5, 5.41) is 11.8. The van der Waals surface area contributed by atoms with Crippen molar-refractivity contribution in [3.63, 3.8) is 0 Å². The third-order valence-electron chi connectivity index (χ3n) is 3.39. The molecule has 0 aliphatic heterocycles. The number of hydrogen-bond acceptors (Lipinski definition) is 4. The quantitative estimate of drug-likeness (QED) is 0.808. The number of anilines is 1. The first-order valence-corrected chi connectivity index (χ1v) is 6.71. The molecule has 1 aliphatic rings. The second-order valence-electron chi connectivity index (χ2n) is 4.78. The minimum atomic E-state index is 0.00271. The lowest BCUT2D eigenvalue weighted by atomic mass is 9.85. The minimum Gasteiger partial charge on any atom is -0.489 e. The fourth-order valence-electron chi connectivity index (χ4n) is 1.96. The molecule has 0 spiro atoms. The maximum atomic E-state index is 12.0. The summed E-state index contributed by atoms with van der Waals surface area (Å²) in [5.41, 5.74) is 1.05. The Labute approximate surface area is 118 Å². The third kappa shape index (κ3) is 3.49. The van der Waals surface area contributed by atoms with Crippen molar-refractivity contribution in [1.29, 1.82) is 5.26 Å². The van der Waals surface area contributed by atoms with Gasteiger partial charge in [0.1, 0.15) is 12.4 Å². The maximum Gasteiger partial charge on any atom is 0.227 e. The zero-order valence-electron chi connectivity index (χ0n) is 11.5. The SMILES string of the molecule is COCCOc1ccc(C#N)cc1NC(=O)C1CCC1. The first-order chi connectivity index (χ1) is 9.74. The Hall–Kier alpha value is -2.06. The fraction of sp³-hybridized carbons (Fsp3) is 0.467. The van der Waals surface area contributed by atoms with Gasteiger partial charge >= 0.3 is 0 Å². The topological polar surface area (TPSA) is 71.3 Å². The number of nitriles is 1. The molecule has 5 nitrogen and oxygen atoms in total. The lowest BCUT2D eigenvalue weighted by Gasteiger charge is -2.24. The molecule has 0 aromatic heterocycles. The second-order valence-corrected chi connectivity index (χ2v) is 4.78. The molecule has 2 rings (SSSR count). The number of nitrogens with one attached hydrogen (secondary N) is 1. The van der Waals surface area contributed by atoms with Gasteiger partial charge in [0.25, 0.3) is 0 Å². The van der Waals surface area contributed by atoms with E-state index in [0.29, 0.717) is 30.2 Å². The molecule has 20 heavy (non-hydrogen) atoms. The number of hydrogen-bond donors (Lipinski definition) is 1. The van der Waals surface area contributed by atoms with Crippen LogP contribution in [0.2, 0.25) is 0 Å². The number of rotatable bonds is 6. The van der Waals surface area contributed by atoms with E-state index in [2.05, 4.69) is 11.4 Å². The molecule has 1 amide bonds. The number of carbonyl (C=O) groups is 1. The molecular weight excluding hydrogens is 256 g/mol. The van der Waals surface area contributed by atoms with Crippen LogP contribution in [0.5, 0.6) is 5.75 Å². The van der Waals surface area contributed by atoms with Gasteiger partial charge in [0.05, 0.1) is 23.9 Å². The molecule has 0 atom stereocenters. The molecule has 106 valence electrons. The summed E-state index contributed by atoms with van der Waals surface area (Å²) in [5.74, 6) is 0.657. The number of nitrogens with zero attached hydrogens (tertiary/aromatic N) is 1. The fourth-order valence-corrected chi connectivity index (χ4v) is 1.96. The van der Waals surface area contributed by atoms with Gasteiger partial charge in [0, 0.05) is 13.0 Å². The molecular formula is C15H18N2O3. The largest absolute Gasteiger partial charge is 0.489 e. The van der Waals surface area contributed by atoms with Gasteiger partial charge < -0.3 is 14.8 Å². The Morgan fingerprint density at radius 2 is 2.25 bits per heavy atom. The Kier molecular flexibility index (Phi) is 4.97. The normalized spacial score (nSPS) is 14.2. The van der Waals surface area contributed by atoms with Crippen LogP contribution in [0, 0.1) is 17.2 Å². The van der Waals surface area contributed by atoms with E-state index in [0.717, 1.165) is 19.3 Å². The summed E-state index contributed by atoms with van der Waals surface area (Å²) >= 11 is 0. The summed E-state index contributed by atoms with van der Waals surface area (Å²) < 4.78 is 10.5. The van der Waals surface area contributed by atoms with Crippen LogP contribution in [-0.2, 0) is 9.53 Å². The van der Waals surface area contributed by atoms with Gasteiger partial charge in [-0.2, -0.15) is 5.26 Å². The summed E-state index contributed by atoms with van der Waals surface area (Å²) in [6.45, 7) is 0.866. The Morgan fingerprint density at radius 3 is 2.85 bits per heavy atom. The number of methoxy groups -OCH3 is 1. The zero-order valence-corrected chi connectivity index (χ0v) is 11.5. The van der Waals surface area contributed by atoms with Gasteiger partial charge in [-0.25, -0.2) is 0 Å². The average Bonchev–Trinajstić information content (AvgIpc) is 2.38. The van der Waals surface area contributed by atoms with Crippen molar-refractivity contribution in [1.82, 2.24) is 0 Å². The predicted molar refractivity (Wildman–Crippen MR) is 74.5 cm³/mol. The van der Waals surface area contributed by atoms with E-state index >= 15 is 0 Å². The van der Waals surface area contributed by atoms with E-state index < -0.39 is 0 Å². The van der Waals surface area contributed by atoms with Crippen LogP contribution in [-0.4, -0.2) is 26.2 Å². The van der Waals surface area contributed by atoms with Crippen molar-refractivity contribution in [2.45, 2.75) is 19.3 Å². The maximum absolute atomic E-state index is 12.0. The van der Waals surface area contributed by atoms with E-state index in [1.54, 1.807) is 25.3 Å². The summed E-state index contributed by atoms with van der Waals surface area (Å²) in [6.07, 6.45) is 2.97. The van der Waals surface area contributed by atoms with Crippen molar-refractivity contribution >= 4 is 11.6 Å². The number of amides is 1. The number of ether oxygens (including phenoxy) is 2. The molecule has 1 N–H and O–H groups in total. The Balaban J connectivity index is 2.09. The average molecular weight is 274 g/mol. The highest BCUT2D eigenvalue weighted by Crippen LogP contribution is 2.30. The standard InChI is InChI=1S/C15H18N2O3/c1-19-7-8-20-14-6-5-11(10-16)9-13(14)17-15(18)12-3-2-4-12/h5-6,9,12H,2-4,7-8H2,1H3,(H,17,18). The van der Waals surface area contributed by atoms with Gasteiger partial charge in [-0.15, -0.1) is 0 Å². The Bertz CT molecular complexity index is 518. The molecule has 1 saturated carbocycles.